The number of carbonyl (C=O) groups is 1. The third-order valence-corrected chi connectivity index (χ3v) is 5.39. The first-order valence-corrected chi connectivity index (χ1v) is 7.21. The first-order valence-electron chi connectivity index (χ1n) is 7.21. The van der Waals surface area contributed by atoms with Gasteiger partial charge in [-0.1, -0.05) is 0 Å². The Morgan fingerprint density at radius 3 is 2.56 bits per heavy atom. The summed E-state index contributed by atoms with van der Waals surface area (Å²) in [5, 5.41) is 12.1. The van der Waals surface area contributed by atoms with Gasteiger partial charge in [0.25, 0.3) is 0 Å². The molecular formula is C15H22N2O. The van der Waals surface area contributed by atoms with Crippen molar-refractivity contribution in [3.8, 4) is 6.07 Å². The van der Waals surface area contributed by atoms with E-state index in [4.69, 9.17) is 5.26 Å². The average Bonchev–Trinajstić information content (AvgIpc) is 2.22. The van der Waals surface area contributed by atoms with Gasteiger partial charge in [-0.25, -0.2) is 0 Å². The molecule has 0 spiro atoms. The van der Waals surface area contributed by atoms with Crippen LogP contribution in [0.1, 0.15) is 58.3 Å². The molecule has 4 rings (SSSR count). The van der Waals surface area contributed by atoms with Crippen molar-refractivity contribution in [1.29, 1.82) is 5.26 Å². The number of hydrogen-bond donors (Lipinski definition) is 1. The van der Waals surface area contributed by atoms with Crippen molar-refractivity contribution in [2.75, 3.05) is 0 Å². The Morgan fingerprint density at radius 2 is 2.00 bits per heavy atom. The molecule has 4 saturated carbocycles. The van der Waals surface area contributed by atoms with E-state index < -0.39 is 0 Å². The van der Waals surface area contributed by atoms with E-state index in [1.165, 1.54) is 32.1 Å². The summed E-state index contributed by atoms with van der Waals surface area (Å²) in [7, 11) is 0. The summed E-state index contributed by atoms with van der Waals surface area (Å²) in [6.07, 6.45) is 9.14. The van der Waals surface area contributed by atoms with Crippen molar-refractivity contribution < 1.29 is 4.79 Å². The predicted molar refractivity (Wildman–Crippen MR) is 68.5 cm³/mol. The molecule has 0 aliphatic heterocycles. The van der Waals surface area contributed by atoms with Gasteiger partial charge >= 0.3 is 0 Å². The van der Waals surface area contributed by atoms with Crippen LogP contribution < -0.4 is 5.32 Å². The average molecular weight is 246 g/mol. The molecule has 3 nitrogen and oxygen atoms in total. The summed E-state index contributed by atoms with van der Waals surface area (Å²) < 4.78 is 0. The second-order valence-corrected chi connectivity index (χ2v) is 7.08. The lowest BCUT2D eigenvalue weighted by atomic mass is 9.46. The highest BCUT2D eigenvalue weighted by atomic mass is 16.1. The van der Waals surface area contributed by atoms with Crippen LogP contribution in [0, 0.1) is 28.6 Å². The fourth-order valence-corrected chi connectivity index (χ4v) is 5.59. The highest BCUT2D eigenvalue weighted by Crippen LogP contribution is 2.63. The van der Waals surface area contributed by atoms with Crippen LogP contribution in [0.4, 0.5) is 0 Å². The Hall–Kier alpha value is -1.04. The summed E-state index contributed by atoms with van der Waals surface area (Å²) >= 11 is 0. The van der Waals surface area contributed by atoms with Crippen molar-refractivity contribution in [1.82, 2.24) is 5.32 Å². The Bertz CT molecular complexity index is 395. The minimum atomic E-state index is 0.0748. The normalized spacial score (nSPS) is 44.7. The zero-order chi connectivity index (χ0) is 12.8. The number of hydrogen-bond acceptors (Lipinski definition) is 2. The molecular weight excluding hydrogens is 224 g/mol. The van der Waals surface area contributed by atoms with Crippen molar-refractivity contribution in [3.05, 3.63) is 0 Å². The van der Waals surface area contributed by atoms with Crippen molar-refractivity contribution >= 4 is 5.91 Å². The molecule has 0 aromatic rings. The maximum Gasteiger partial charge on any atom is 0.217 e. The highest BCUT2D eigenvalue weighted by molar-refractivity contribution is 5.74. The van der Waals surface area contributed by atoms with Gasteiger partial charge in [0.15, 0.2) is 0 Å². The zero-order valence-corrected chi connectivity index (χ0v) is 11.2. The fraction of sp³-hybridized carbons (Fsp3) is 0.867. The second kappa shape index (κ2) is 3.98. The molecule has 4 aliphatic carbocycles. The van der Waals surface area contributed by atoms with Gasteiger partial charge in [0.1, 0.15) is 0 Å². The van der Waals surface area contributed by atoms with Gasteiger partial charge in [0.05, 0.1) is 6.07 Å². The van der Waals surface area contributed by atoms with Crippen molar-refractivity contribution in [2.45, 2.75) is 63.8 Å². The Morgan fingerprint density at radius 1 is 1.33 bits per heavy atom. The van der Waals surface area contributed by atoms with Gasteiger partial charge in [-0.3, -0.25) is 4.79 Å². The molecule has 0 aromatic carbocycles. The summed E-state index contributed by atoms with van der Waals surface area (Å²) in [6.45, 7) is 1.64. The number of nitriles is 1. The maximum atomic E-state index is 11.5. The molecule has 1 amide bonds. The van der Waals surface area contributed by atoms with Gasteiger partial charge in [-0.15, -0.1) is 0 Å². The monoisotopic (exact) mass is 246 g/mol. The van der Waals surface area contributed by atoms with Crippen LogP contribution in [0.5, 0.6) is 0 Å². The zero-order valence-electron chi connectivity index (χ0n) is 11.2. The van der Waals surface area contributed by atoms with Gasteiger partial charge in [0, 0.05) is 18.9 Å². The second-order valence-electron chi connectivity index (χ2n) is 7.08. The highest BCUT2D eigenvalue weighted by Gasteiger charge is 2.57. The summed E-state index contributed by atoms with van der Waals surface area (Å²) in [6, 6.07) is 2.31. The summed E-state index contributed by atoms with van der Waals surface area (Å²) in [4.78, 5) is 11.5. The SMILES string of the molecule is CC(=O)NC12C[C@@H]3C[C@@H](CC(CCC#N)(C3)C1)C2. The molecule has 2 unspecified atom stereocenters. The number of rotatable bonds is 3. The molecule has 0 radical (unpaired) electrons. The van der Waals surface area contributed by atoms with Crippen molar-refractivity contribution in [2.24, 2.45) is 17.3 Å². The lowest BCUT2D eigenvalue weighted by molar-refractivity contribution is -0.129. The molecule has 4 aliphatic rings. The molecule has 4 fully saturated rings. The molecule has 0 saturated heterocycles. The Labute approximate surface area is 109 Å². The molecule has 3 heteroatoms. The van der Waals surface area contributed by atoms with Gasteiger partial charge in [-0.2, -0.15) is 5.26 Å². The topological polar surface area (TPSA) is 52.9 Å². The minimum Gasteiger partial charge on any atom is -0.351 e. The summed E-state index contributed by atoms with van der Waals surface area (Å²) in [5.41, 5.74) is 0.438. The van der Waals surface area contributed by atoms with E-state index in [1.54, 1.807) is 6.92 Å². The number of carbonyl (C=O) groups excluding carboxylic acids is 1. The van der Waals surface area contributed by atoms with E-state index in [1.807, 2.05) is 0 Å². The molecule has 0 heterocycles. The van der Waals surface area contributed by atoms with Gasteiger partial charge in [0.2, 0.25) is 5.91 Å². The van der Waals surface area contributed by atoms with Crippen LogP contribution in [-0.4, -0.2) is 11.4 Å². The molecule has 4 bridgehead atoms. The van der Waals surface area contributed by atoms with Crippen LogP contribution in [0.25, 0.3) is 0 Å². The number of nitrogens with one attached hydrogen (secondary N) is 1. The largest absolute Gasteiger partial charge is 0.351 e. The smallest absolute Gasteiger partial charge is 0.217 e. The lowest BCUT2D eigenvalue weighted by Crippen LogP contribution is -2.62. The standard InChI is InChI=1S/C15H22N2O/c1-11(18)17-15-8-12-5-13(9-15)7-14(6-12,10-15)3-2-4-16/h12-13H,2-3,5-10H2,1H3,(H,17,18)/t12-,13+,14?,15?. The van der Waals surface area contributed by atoms with Crippen LogP contribution >= 0.6 is 0 Å². The van der Waals surface area contributed by atoms with E-state index in [0.717, 1.165) is 24.7 Å². The van der Waals surface area contributed by atoms with E-state index in [2.05, 4.69) is 11.4 Å². The molecule has 4 atom stereocenters. The van der Waals surface area contributed by atoms with Crippen LogP contribution in [-0.2, 0) is 4.79 Å². The molecule has 0 aromatic heterocycles. The van der Waals surface area contributed by atoms with Gasteiger partial charge < -0.3 is 5.32 Å². The quantitative estimate of drug-likeness (QED) is 0.832. The van der Waals surface area contributed by atoms with E-state index in [0.29, 0.717) is 11.8 Å². The lowest BCUT2D eigenvalue weighted by Gasteiger charge is -2.62. The molecule has 98 valence electrons. The van der Waals surface area contributed by atoms with Crippen LogP contribution in [0.2, 0.25) is 0 Å². The Kier molecular flexibility index (Phi) is 2.66. The van der Waals surface area contributed by atoms with E-state index in [-0.39, 0.29) is 11.4 Å². The Balaban J connectivity index is 1.83. The van der Waals surface area contributed by atoms with Crippen LogP contribution in [0.3, 0.4) is 0 Å². The fourth-order valence-electron chi connectivity index (χ4n) is 5.59. The van der Waals surface area contributed by atoms with Gasteiger partial charge in [-0.05, 0) is 62.2 Å². The summed E-state index contributed by atoms with van der Waals surface area (Å²) in [5.74, 6) is 1.70. The maximum absolute atomic E-state index is 11.5. The van der Waals surface area contributed by atoms with E-state index >= 15 is 0 Å². The predicted octanol–water partition coefficient (Wildman–Crippen LogP) is 2.77. The molecule has 18 heavy (non-hydrogen) atoms. The third kappa shape index (κ3) is 1.92. The third-order valence-electron chi connectivity index (χ3n) is 5.39. The first-order chi connectivity index (χ1) is 8.55. The minimum absolute atomic E-state index is 0.0748. The first kappa shape index (κ1) is 12.0. The van der Waals surface area contributed by atoms with E-state index in [9.17, 15) is 4.79 Å². The van der Waals surface area contributed by atoms with Crippen LogP contribution in [0.15, 0.2) is 0 Å². The number of amides is 1. The number of nitrogens with zero attached hydrogens (tertiary/aromatic N) is 1. The van der Waals surface area contributed by atoms with Crippen molar-refractivity contribution in [3.63, 3.8) is 0 Å². The molecule has 1 N–H and O–H groups in total.